The molecule has 1 aliphatic rings. The molecule has 0 spiro atoms. The monoisotopic (exact) mass is 257 g/mol. The predicted molar refractivity (Wildman–Crippen MR) is 67.8 cm³/mol. The molecule has 6 heteroatoms. The number of carbonyl (C=O) groups excluding carboxylic acids is 1. The lowest BCUT2D eigenvalue weighted by Gasteiger charge is -2.32. The number of thioether (sulfide) groups is 1. The third-order valence-corrected chi connectivity index (χ3v) is 4.63. The van der Waals surface area contributed by atoms with E-state index in [0.29, 0.717) is 18.3 Å². The highest BCUT2D eigenvalue weighted by Gasteiger charge is 2.25. The Kier molecular flexibility index (Phi) is 3.83. The topological polar surface area (TPSA) is 59.2 Å². The quantitative estimate of drug-likeness (QED) is 0.864. The molecule has 0 bridgehead atoms. The molecule has 1 amide bonds. The van der Waals surface area contributed by atoms with E-state index in [1.165, 1.54) is 11.3 Å². The number of hydrogen-bond donors (Lipinski definition) is 1. The lowest BCUT2D eigenvalue weighted by Crippen LogP contribution is -2.44. The van der Waals surface area contributed by atoms with Crippen LogP contribution in [0, 0.1) is 0 Å². The SMILES string of the molecule is CC1CSCCN1C(=O)c1csc(CN)n1. The summed E-state index contributed by atoms with van der Waals surface area (Å²) in [4.78, 5) is 18.3. The second-order valence-electron chi connectivity index (χ2n) is 3.75. The molecule has 1 fully saturated rings. The third-order valence-electron chi connectivity index (χ3n) is 2.57. The summed E-state index contributed by atoms with van der Waals surface area (Å²) >= 11 is 3.35. The fourth-order valence-electron chi connectivity index (χ4n) is 1.68. The number of aromatic nitrogens is 1. The highest BCUT2D eigenvalue weighted by Crippen LogP contribution is 2.19. The summed E-state index contributed by atoms with van der Waals surface area (Å²) in [5.41, 5.74) is 6.03. The van der Waals surface area contributed by atoms with Gasteiger partial charge in [-0.3, -0.25) is 4.79 Å². The van der Waals surface area contributed by atoms with E-state index in [9.17, 15) is 4.79 Å². The zero-order valence-electron chi connectivity index (χ0n) is 9.18. The number of nitrogens with zero attached hydrogens (tertiary/aromatic N) is 2. The molecule has 2 rings (SSSR count). The van der Waals surface area contributed by atoms with Crippen LogP contribution in [0.3, 0.4) is 0 Å². The van der Waals surface area contributed by atoms with Crippen LogP contribution in [0.4, 0.5) is 0 Å². The average Bonchev–Trinajstić information content (AvgIpc) is 2.77. The number of rotatable bonds is 2. The number of nitrogens with two attached hydrogens (primary N) is 1. The molecule has 1 aromatic rings. The molecule has 88 valence electrons. The van der Waals surface area contributed by atoms with E-state index in [1.807, 2.05) is 16.7 Å². The van der Waals surface area contributed by atoms with Gasteiger partial charge in [-0.05, 0) is 6.92 Å². The number of amides is 1. The van der Waals surface area contributed by atoms with Crippen molar-refractivity contribution in [2.24, 2.45) is 5.73 Å². The Morgan fingerprint density at radius 3 is 3.19 bits per heavy atom. The van der Waals surface area contributed by atoms with Crippen LogP contribution in [0.2, 0.25) is 0 Å². The molecule has 0 aliphatic carbocycles. The fourth-order valence-corrected chi connectivity index (χ4v) is 3.34. The molecular weight excluding hydrogens is 242 g/mol. The number of thiazole rings is 1. The minimum absolute atomic E-state index is 0.0451. The minimum atomic E-state index is 0.0451. The van der Waals surface area contributed by atoms with Gasteiger partial charge in [-0.15, -0.1) is 11.3 Å². The predicted octanol–water partition coefficient (Wildman–Crippen LogP) is 1.18. The van der Waals surface area contributed by atoms with E-state index < -0.39 is 0 Å². The van der Waals surface area contributed by atoms with Crippen LogP contribution in [-0.4, -0.2) is 39.9 Å². The van der Waals surface area contributed by atoms with Gasteiger partial charge in [-0.2, -0.15) is 11.8 Å². The van der Waals surface area contributed by atoms with Crippen molar-refractivity contribution >= 4 is 29.0 Å². The second kappa shape index (κ2) is 5.16. The molecule has 1 saturated heterocycles. The first-order chi connectivity index (χ1) is 7.72. The maximum Gasteiger partial charge on any atom is 0.273 e. The van der Waals surface area contributed by atoms with Gasteiger partial charge in [0.25, 0.3) is 5.91 Å². The molecule has 0 saturated carbocycles. The van der Waals surface area contributed by atoms with Crippen LogP contribution < -0.4 is 5.73 Å². The Hall–Kier alpha value is -0.590. The van der Waals surface area contributed by atoms with Gasteiger partial charge in [-0.1, -0.05) is 0 Å². The Morgan fingerprint density at radius 2 is 2.56 bits per heavy atom. The van der Waals surface area contributed by atoms with Gasteiger partial charge in [0.05, 0.1) is 0 Å². The summed E-state index contributed by atoms with van der Waals surface area (Å²) in [6, 6.07) is 0.300. The fraction of sp³-hybridized carbons (Fsp3) is 0.600. The van der Waals surface area contributed by atoms with Gasteiger partial charge in [-0.25, -0.2) is 4.98 Å². The van der Waals surface area contributed by atoms with Gasteiger partial charge < -0.3 is 10.6 Å². The summed E-state index contributed by atoms with van der Waals surface area (Å²) in [7, 11) is 0. The molecule has 1 aliphatic heterocycles. The van der Waals surface area contributed by atoms with E-state index in [1.54, 1.807) is 5.38 Å². The first-order valence-corrected chi connectivity index (χ1v) is 7.29. The van der Waals surface area contributed by atoms with E-state index >= 15 is 0 Å². The van der Waals surface area contributed by atoms with E-state index in [-0.39, 0.29) is 5.91 Å². The van der Waals surface area contributed by atoms with Gasteiger partial charge in [0.1, 0.15) is 10.7 Å². The molecule has 1 unspecified atom stereocenters. The summed E-state index contributed by atoms with van der Waals surface area (Å²) in [5.74, 6) is 2.08. The van der Waals surface area contributed by atoms with Crippen LogP contribution in [-0.2, 0) is 6.54 Å². The molecule has 0 radical (unpaired) electrons. The Labute approximate surface area is 103 Å². The van der Waals surface area contributed by atoms with Crippen LogP contribution >= 0.6 is 23.1 Å². The lowest BCUT2D eigenvalue weighted by atomic mass is 10.3. The van der Waals surface area contributed by atoms with Crippen molar-refractivity contribution in [3.8, 4) is 0 Å². The van der Waals surface area contributed by atoms with E-state index in [0.717, 1.165) is 23.1 Å². The highest BCUT2D eigenvalue weighted by molar-refractivity contribution is 7.99. The molecule has 1 atom stereocenters. The first kappa shape index (κ1) is 11.9. The maximum absolute atomic E-state index is 12.2. The van der Waals surface area contributed by atoms with Crippen molar-refractivity contribution in [1.82, 2.24) is 9.88 Å². The zero-order chi connectivity index (χ0) is 11.5. The van der Waals surface area contributed by atoms with Crippen molar-refractivity contribution in [3.05, 3.63) is 16.1 Å². The van der Waals surface area contributed by atoms with Crippen LogP contribution in [0.1, 0.15) is 22.4 Å². The van der Waals surface area contributed by atoms with Gasteiger partial charge in [0, 0.05) is 36.0 Å². The highest BCUT2D eigenvalue weighted by atomic mass is 32.2. The average molecular weight is 257 g/mol. The second-order valence-corrected chi connectivity index (χ2v) is 5.85. The Morgan fingerprint density at radius 1 is 1.75 bits per heavy atom. The van der Waals surface area contributed by atoms with Crippen molar-refractivity contribution in [2.45, 2.75) is 19.5 Å². The van der Waals surface area contributed by atoms with Crippen molar-refractivity contribution in [3.63, 3.8) is 0 Å². The van der Waals surface area contributed by atoms with Crippen molar-refractivity contribution < 1.29 is 4.79 Å². The maximum atomic E-state index is 12.2. The van der Waals surface area contributed by atoms with E-state index in [2.05, 4.69) is 11.9 Å². The van der Waals surface area contributed by atoms with E-state index in [4.69, 9.17) is 5.73 Å². The first-order valence-electron chi connectivity index (χ1n) is 5.25. The van der Waals surface area contributed by atoms with Gasteiger partial charge in [0.2, 0.25) is 0 Å². The smallest absolute Gasteiger partial charge is 0.273 e. The summed E-state index contributed by atoms with van der Waals surface area (Å²) in [6.45, 7) is 3.31. The largest absolute Gasteiger partial charge is 0.333 e. The molecule has 2 heterocycles. The molecule has 2 N–H and O–H groups in total. The Bertz CT molecular complexity index is 380. The molecule has 1 aromatic heterocycles. The standard InChI is InChI=1S/C10H15N3OS2/c1-7-5-15-3-2-13(7)10(14)8-6-16-9(4-11)12-8/h6-7H,2-5,11H2,1H3. The van der Waals surface area contributed by atoms with Crippen molar-refractivity contribution in [2.75, 3.05) is 18.1 Å². The zero-order valence-corrected chi connectivity index (χ0v) is 10.8. The minimum Gasteiger partial charge on any atom is -0.333 e. The van der Waals surface area contributed by atoms with Crippen molar-refractivity contribution in [1.29, 1.82) is 0 Å². The normalized spacial score (nSPS) is 21.1. The molecule has 4 nitrogen and oxygen atoms in total. The Balaban J connectivity index is 2.11. The molecular formula is C10H15N3OS2. The van der Waals surface area contributed by atoms with Gasteiger partial charge >= 0.3 is 0 Å². The lowest BCUT2D eigenvalue weighted by molar-refractivity contribution is 0.0710. The van der Waals surface area contributed by atoms with Crippen LogP contribution in [0.5, 0.6) is 0 Å². The summed E-state index contributed by atoms with van der Waals surface area (Å²) < 4.78 is 0. The number of carbonyl (C=O) groups is 1. The van der Waals surface area contributed by atoms with Crippen LogP contribution in [0.15, 0.2) is 5.38 Å². The summed E-state index contributed by atoms with van der Waals surface area (Å²) in [5, 5.41) is 2.63. The molecule has 0 aromatic carbocycles. The third kappa shape index (κ3) is 2.39. The van der Waals surface area contributed by atoms with Gasteiger partial charge in [0.15, 0.2) is 0 Å². The number of hydrogen-bond acceptors (Lipinski definition) is 5. The summed E-state index contributed by atoms with van der Waals surface area (Å²) in [6.07, 6.45) is 0. The molecule has 16 heavy (non-hydrogen) atoms. The van der Waals surface area contributed by atoms with Crippen LogP contribution in [0.25, 0.3) is 0 Å².